The molecule has 0 saturated heterocycles. The number of anilines is 1. The molecule has 5 rings (SSSR count). The van der Waals surface area contributed by atoms with Crippen LogP contribution in [-0.2, 0) is 13.2 Å². The molecule has 0 bridgehead atoms. The van der Waals surface area contributed by atoms with Crippen LogP contribution in [0.5, 0.6) is 5.75 Å². The minimum Gasteiger partial charge on any atom is -0.489 e. The van der Waals surface area contributed by atoms with Gasteiger partial charge in [0.15, 0.2) is 11.3 Å². The van der Waals surface area contributed by atoms with Gasteiger partial charge in [0.25, 0.3) is 5.91 Å². The normalized spacial score (nSPS) is 11.4. The van der Waals surface area contributed by atoms with Crippen LogP contribution in [0.25, 0.3) is 22.1 Å². The molecule has 35 heavy (non-hydrogen) atoms. The predicted octanol–water partition coefficient (Wildman–Crippen LogP) is 4.73. The lowest BCUT2D eigenvalue weighted by Crippen LogP contribution is -2.23. The van der Waals surface area contributed by atoms with Crippen LogP contribution in [0.15, 0.2) is 86.4 Å². The third-order valence-electron chi connectivity index (χ3n) is 5.73. The summed E-state index contributed by atoms with van der Waals surface area (Å²) in [4.78, 5) is 27.6. The number of carbonyl (C=O) groups is 1. The first-order valence-corrected chi connectivity index (χ1v) is 11.3. The second kappa shape index (κ2) is 9.52. The van der Waals surface area contributed by atoms with Crippen LogP contribution in [0.2, 0.25) is 0 Å². The summed E-state index contributed by atoms with van der Waals surface area (Å²) >= 11 is 0. The third kappa shape index (κ3) is 4.69. The Labute approximate surface area is 201 Å². The van der Waals surface area contributed by atoms with Gasteiger partial charge in [0.2, 0.25) is 0 Å². The first-order valence-electron chi connectivity index (χ1n) is 11.3. The summed E-state index contributed by atoms with van der Waals surface area (Å²) in [6.07, 6.45) is 0. The van der Waals surface area contributed by atoms with Gasteiger partial charge in [-0.15, -0.1) is 0 Å². The topological polar surface area (TPSA) is 89.9 Å². The number of likely N-dealkylation sites (N-methyl/N-ethyl adjacent to an activating group) is 1. The van der Waals surface area contributed by atoms with Gasteiger partial charge in [-0.25, -0.2) is 4.79 Å². The van der Waals surface area contributed by atoms with Crippen LogP contribution < -0.4 is 15.8 Å². The summed E-state index contributed by atoms with van der Waals surface area (Å²) in [7, 11) is 3.87. The SMILES string of the molecule is CN(C)CCn1c(=O)oc2ccc(NC(=O)c3oc4ccccc4c3COc3ccccc3)cc21. The molecule has 178 valence electrons. The molecule has 0 atom stereocenters. The van der Waals surface area contributed by atoms with E-state index < -0.39 is 11.7 Å². The van der Waals surface area contributed by atoms with E-state index >= 15 is 0 Å². The van der Waals surface area contributed by atoms with Crippen molar-refractivity contribution in [1.82, 2.24) is 9.47 Å². The molecular formula is C27H25N3O5. The Kier molecular flexibility index (Phi) is 6.12. The molecular weight excluding hydrogens is 446 g/mol. The van der Waals surface area contributed by atoms with Crippen molar-refractivity contribution in [2.24, 2.45) is 0 Å². The van der Waals surface area contributed by atoms with Crippen LogP contribution in [0.1, 0.15) is 16.1 Å². The number of rotatable bonds is 8. The predicted molar refractivity (Wildman–Crippen MR) is 134 cm³/mol. The van der Waals surface area contributed by atoms with Gasteiger partial charge in [0.05, 0.1) is 5.52 Å². The Balaban J connectivity index is 1.44. The van der Waals surface area contributed by atoms with E-state index in [9.17, 15) is 9.59 Å². The lowest BCUT2D eigenvalue weighted by molar-refractivity contribution is 0.0995. The number of oxazole rings is 1. The number of ether oxygens (including phenoxy) is 1. The monoisotopic (exact) mass is 471 g/mol. The zero-order chi connectivity index (χ0) is 24.4. The van der Waals surface area contributed by atoms with Crippen molar-refractivity contribution in [3.05, 3.63) is 94.7 Å². The number of nitrogens with one attached hydrogen (secondary N) is 1. The smallest absolute Gasteiger partial charge is 0.419 e. The van der Waals surface area contributed by atoms with Crippen LogP contribution in [0, 0.1) is 0 Å². The summed E-state index contributed by atoms with van der Waals surface area (Å²) in [5, 5.41) is 3.71. The molecule has 0 unspecified atom stereocenters. The summed E-state index contributed by atoms with van der Waals surface area (Å²) in [6, 6.07) is 22.0. The number of carbonyl (C=O) groups excluding carboxylic acids is 1. The van der Waals surface area contributed by atoms with Gasteiger partial charge in [0.1, 0.15) is 17.9 Å². The fourth-order valence-corrected chi connectivity index (χ4v) is 3.94. The molecule has 0 saturated carbocycles. The number of hydrogen-bond acceptors (Lipinski definition) is 6. The van der Waals surface area contributed by atoms with Gasteiger partial charge in [-0.1, -0.05) is 36.4 Å². The molecule has 0 spiro atoms. The van der Waals surface area contributed by atoms with Crippen molar-refractivity contribution in [2.75, 3.05) is 26.0 Å². The highest BCUT2D eigenvalue weighted by Gasteiger charge is 2.22. The maximum absolute atomic E-state index is 13.3. The highest BCUT2D eigenvalue weighted by molar-refractivity contribution is 6.07. The zero-order valence-corrected chi connectivity index (χ0v) is 19.5. The minimum absolute atomic E-state index is 0.175. The van der Waals surface area contributed by atoms with Gasteiger partial charge < -0.3 is 23.8 Å². The average Bonchev–Trinajstić information content (AvgIpc) is 3.38. The van der Waals surface area contributed by atoms with Gasteiger partial charge in [-0.2, -0.15) is 0 Å². The molecule has 8 nitrogen and oxygen atoms in total. The molecule has 1 amide bonds. The van der Waals surface area contributed by atoms with Crippen molar-refractivity contribution in [3.63, 3.8) is 0 Å². The van der Waals surface area contributed by atoms with Crippen LogP contribution in [0.4, 0.5) is 5.69 Å². The molecule has 0 aliphatic carbocycles. The van der Waals surface area contributed by atoms with E-state index in [-0.39, 0.29) is 12.4 Å². The molecule has 0 aliphatic rings. The van der Waals surface area contributed by atoms with Gasteiger partial charge in [0, 0.05) is 29.7 Å². The quantitative estimate of drug-likeness (QED) is 0.352. The summed E-state index contributed by atoms with van der Waals surface area (Å²) in [6.45, 7) is 1.32. The highest BCUT2D eigenvalue weighted by atomic mass is 16.5. The van der Waals surface area contributed by atoms with E-state index in [0.717, 1.165) is 5.39 Å². The molecule has 1 N–H and O–H groups in total. The van der Waals surface area contributed by atoms with Crippen molar-refractivity contribution < 1.29 is 18.4 Å². The van der Waals surface area contributed by atoms with Crippen molar-refractivity contribution >= 4 is 33.7 Å². The first kappa shape index (κ1) is 22.5. The first-order chi connectivity index (χ1) is 17.0. The summed E-state index contributed by atoms with van der Waals surface area (Å²) in [5.41, 5.74) is 2.87. The van der Waals surface area contributed by atoms with Crippen LogP contribution in [-0.4, -0.2) is 36.0 Å². The lowest BCUT2D eigenvalue weighted by atomic mass is 10.1. The third-order valence-corrected chi connectivity index (χ3v) is 5.73. The maximum atomic E-state index is 13.3. The summed E-state index contributed by atoms with van der Waals surface area (Å²) < 4.78 is 18.8. The molecule has 0 radical (unpaired) electrons. The standard InChI is InChI=1S/C27H25N3O5/c1-29(2)14-15-30-22-16-18(12-13-24(22)35-27(30)32)28-26(31)25-21(17-33-19-8-4-3-5-9-19)20-10-6-7-11-23(20)34-25/h3-13,16H,14-15,17H2,1-2H3,(H,28,31). The Morgan fingerprint density at radius 2 is 1.74 bits per heavy atom. The van der Waals surface area contributed by atoms with E-state index in [1.54, 1.807) is 22.8 Å². The molecule has 0 fully saturated rings. The largest absolute Gasteiger partial charge is 0.489 e. The van der Waals surface area contributed by atoms with Crippen molar-refractivity contribution in [3.8, 4) is 5.75 Å². The van der Waals surface area contributed by atoms with Crippen molar-refractivity contribution in [2.45, 2.75) is 13.2 Å². The Morgan fingerprint density at radius 1 is 0.971 bits per heavy atom. The number of amides is 1. The fourth-order valence-electron chi connectivity index (χ4n) is 3.94. The average molecular weight is 472 g/mol. The number of nitrogens with zero attached hydrogens (tertiary/aromatic N) is 2. The second-order valence-corrected chi connectivity index (χ2v) is 8.47. The number of aromatic nitrogens is 1. The molecule has 8 heteroatoms. The Hall–Kier alpha value is -4.30. The fraction of sp³-hybridized carbons (Fsp3) is 0.185. The number of fused-ring (bicyclic) bond motifs is 2. The minimum atomic E-state index is -0.428. The maximum Gasteiger partial charge on any atom is 0.419 e. The lowest BCUT2D eigenvalue weighted by Gasteiger charge is -2.10. The van der Waals surface area contributed by atoms with E-state index in [0.29, 0.717) is 46.8 Å². The second-order valence-electron chi connectivity index (χ2n) is 8.47. The van der Waals surface area contributed by atoms with E-state index in [1.165, 1.54) is 0 Å². The Bertz CT molecular complexity index is 1550. The molecule has 0 aliphatic heterocycles. The van der Waals surface area contributed by atoms with E-state index in [4.69, 9.17) is 13.6 Å². The van der Waals surface area contributed by atoms with Crippen LogP contribution >= 0.6 is 0 Å². The number of hydrogen-bond donors (Lipinski definition) is 1. The number of furan rings is 1. The van der Waals surface area contributed by atoms with Crippen LogP contribution in [0.3, 0.4) is 0 Å². The molecule has 2 heterocycles. The van der Waals surface area contributed by atoms with E-state index in [2.05, 4.69) is 5.32 Å². The van der Waals surface area contributed by atoms with Gasteiger partial charge in [-0.3, -0.25) is 9.36 Å². The molecule has 3 aromatic carbocycles. The molecule has 5 aromatic rings. The molecule has 2 aromatic heterocycles. The van der Waals surface area contributed by atoms with Crippen molar-refractivity contribution in [1.29, 1.82) is 0 Å². The van der Waals surface area contributed by atoms with E-state index in [1.807, 2.05) is 73.6 Å². The highest BCUT2D eigenvalue weighted by Crippen LogP contribution is 2.28. The Morgan fingerprint density at radius 3 is 2.54 bits per heavy atom. The number of para-hydroxylation sites is 2. The zero-order valence-electron chi connectivity index (χ0n) is 19.5. The summed E-state index contributed by atoms with van der Waals surface area (Å²) in [5.74, 6) is 0.0468. The van der Waals surface area contributed by atoms with Gasteiger partial charge >= 0.3 is 5.76 Å². The van der Waals surface area contributed by atoms with Gasteiger partial charge in [-0.05, 0) is 50.5 Å². The number of benzene rings is 3.